The minimum absolute atomic E-state index is 0.0111. The van der Waals surface area contributed by atoms with Gasteiger partial charge in [-0.1, -0.05) is 26.0 Å². The average Bonchev–Trinajstić information content (AvgIpc) is 2.81. The molecule has 0 bridgehead atoms. The van der Waals surface area contributed by atoms with Crippen molar-refractivity contribution < 1.29 is 37.7 Å². The van der Waals surface area contributed by atoms with E-state index in [4.69, 9.17) is 14.2 Å². The number of aliphatic carboxylic acids is 1. The van der Waals surface area contributed by atoms with Gasteiger partial charge in [0.05, 0.1) is 13.2 Å². The number of carbonyl (C=O) groups is 2. The maximum Gasteiger partial charge on any atom is 0.333 e. The molecule has 0 spiro atoms. The fraction of sp³-hybridized carbons (Fsp3) is 0.667. The summed E-state index contributed by atoms with van der Waals surface area (Å²) < 4.78 is 42.7. The fourth-order valence-corrected chi connectivity index (χ4v) is 2.85. The number of halogens is 2. The van der Waals surface area contributed by atoms with Gasteiger partial charge in [-0.05, 0) is 38.0 Å². The molecule has 0 saturated carbocycles. The molecular formula is C24H38F2N2O6. The second kappa shape index (κ2) is 15.4. The lowest BCUT2D eigenvalue weighted by molar-refractivity contribution is -0.149. The number of nitrogens with one attached hydrogen (secondary N) is 1. The van der Waals surface area contributed by atoms with Crippen molar-refractivity contribution in [3.63, 3.8) is 0 Å². The molecular weight excluding hydrogens is 450 g/mol. The third-order valence-electron chi connectivity index (χ3n) is 5.22. The van der Waals surface area contributed by atoms with Crippen LogP contribution in [0.3, 0.4) is 0 Å². The van der Waals surface area contributed by atoms with Crippen molar-refractivity contribution in [3.05, 3.63) is 29.8 Å². The molecule has 0 aliphatic rings. The number of nitrogens with zero attached hydrogens (tertiary/aromatic N) is 1. The summed E-state index contributed by atoms with van der Waals surface area (Å²) in [5.74, 6) is -3.33. The number of rotatable bonds is 17. The first-order chi connectivity index (χ1) is 16.1. The molecule has 0 saturated heterocycles. The molecule has 0 radical (unpaired) electrons. The van der Waals surface area contributed by atoms with E-state index in [2.05, 4.69) is 5.32 Å². The van der Waals surface area contributed by atoms with Gasteiger partial charge in [-0.15, -0.1) is 0 Å². The van der Waals surface area contributed by atoms with Crippen LogP contribution >= 0.6 is 0 Å². The molecule has 0 aliphatic heterocycles. The second-order valence-corrected chi connectivity index (χ2v) is 7.99. The first-order valence-corrected chi connectivity index (χ1v) is 11.7. The number of ether oxygens (including phenoxy) is 3. The van der Waals surface area contributed by atoms with Gasteiger partial charge in [0.15, 0.2) is 6.10 Å². The predicted octanol–water partition coefficient (Wildman–Crippen LogP) is 3.97. The number of carboxylic acid groups (broad SMARTS) is 1. The predicted molar refractivity (Wildman–Crippen MR) is 125 cm³/mol. The van der Waals surface area contributed by atoms with Gasteiger partial charge in [-0.3, -0.25) is 0 Å². The standard InChI is InChI=1S/C24H38F2N2O6/c1-5-18(4)27-23(31)28(12-14-32-17-24(25,26)6-2)13-15-34-20-10-8-19(9-11-20)16-21(22(29)30)33-7-3/h8-11,18,21H,5-7,12-17H2,1-4H3,(H,27,31)(H,29,30). The molecule has 1 aromatic rings. The first kappa shape index (κ1) is 29.6. The zero-order chi connectivity index (χ0) is 25.6. The molecule has 2 unspecified atom stereocenters. The second-order valence-electron chi connectivity index (χ2n) is 7.99. The molecule has 0 fully saturated rings. The van der Waals surface area contributed by atoms with E-state index in [-0.39, 0.29) is 51.2 Å². The van der Waals surface area contributed by atoms with Gasteiger partial charge < -0.3 is 29.5 Å². The van der Waals surface area contributed by atoms with Crippen molar-refractivity contribution in [1.82, 2.24) is 10.2 Å². The quantitative estimate of drug-likeness (QED) is 0.322. The van der Waals surface area contributed by atoms with Crippen LogP contribution in [-0.4, -0.2) is 79.6 Å². The van der Waals surface area contributed by atoms with Crippen LogP contribution in [-0.2, 0) is 20.7 Å². The molecule has 0 aromatic heterocycles. The van der Waals surface area contributed by atoms with Crippen LogP contribution in [0.1, 0.15) is 46.1 Å². The smallest absolute Gasteiger partial charge is 0.333 e. The van der Waals surface area contributed by atoms with E-state index < -0.39 is 24.6 Å². The summed E-state index contributed by atoms with van der Waals surface area (Å²) in [6.07, 6.45) is -0.216. The number of carboxylic acids is 1. The van der Waals surface area contributed by atoms with Crippen LogP contribution in [0.5, 0.6) is 5.75 Å². The Morgan fingerprint density at radius 2 is 1.76 bits per heavy atom. The zero-order valence-electron chi connectivity index (χ0n) is 20.5. The third-order valence-corrected chi connectivity index (χ3v) is 5.22. The molecule has 34 heavy (non-hydrogen) atoms. The monoisotopic (exact) mass is 488 g/mol. The van der Waals surface area contributed by atoms with Gasteiger partial charge >= 0.3 is 12.0 Å². The van der Waals surface area contributed by atoms with Crippen LogP contribution < -0.4 is 10.1 Å². The van der Waals surface area contributed by atoms with Gasteiger partial charge in [0.2, 0.25) is 0 Å². The summed E-state index contributed by atoms with van der Waals surface area (Å²) in [5.41, 5.74) is 0.795. The maximum atomic E-state index is 13.3. The van der Waals surface area contributed by atoms with Crippen LogP contribution in [0.4, 0.5) is 13.6 Å². The van der Waals surface area contributed by atoms with E-state index in [1.807, 2.05) is 13.8 Å². The summed E-state index contributed by atoms with van der Waals surface area (Å²) in [4.78, 5) is 25.3. The third kappa shape index (κ3) is 11.6. The van der Waals surface area contributed by atoms with Gasteiger partial charge in [0, 0.05) is 32.0 Å². The Morgan fingerprint density at radius 3 is 2.32 bits per heavy atom. The molecule has 194 valence electrons. The number of amides is 2. The highest BCUT2D eigenvalue weighted by atomic mass is 19.3. The molecule has 2 amide bonds. The summed E-state index contributed by atoms with van der Waals surface area (Å²) in [6, 6.07) is 6.63. The number of hydrogen-bond acceptors (Lipinski definition) is 5. The Balaban J connectivity index is 2.60. The van der Waals surface area contributed by atoms with Gasteiger partial charge in [-0.2, -0.15) is 0 Å². The van der Waals surface area contributed by atoms with Gasteiger partial charge in [-0.25, -0.2) is 18.4 Å². The Kier molecular flexibility index (Phi) is 13.4. The lowest BCUT2D eigenvalue weighted by atomic mass is 10.1. The van der Waals surface area contributed by atoms with Crippen LogP contribution in [0, 0.1) is 0 Å². The average molecular weight is 489 g/mol. The number of benzene rings is 1. The van der Waals surface area contributed by atoms with Crippen molar-refractivity contribution in [2.75, 3.05) is 39.5 Å². The van der Waals surface area contributed by atoms with Crippen molar-refractivity contribution in [3.8, 4) is 5.75 Å². The zero-order valence-corrected chi connectivity index (χ0v) is 20.5. The minimum Gasteiger partial charge on any atom is -0.492 e. The van der Waals surface area contributed by atoms with E-state index in [1.54, 1.807) is 31.2 Å². The molecule has 0 aliphatic carbocycles. The lowest BCUT2D eigenvalue weighted by Gasteiger charge is -2.25. The molecule has 2 N–H and O–H groups in total. The molecule has 1 rings (SSSR count). The molecule has 1 aromatic carbocycles. The lowest BCUT2D eigenvalue weighted by Crippen LogP contribution is -2.46. The van der Waals surface area contributed by atoms with E-state index in [0.717, 1.165) is 12.0 Å². The normalized spacial score (nSPS) is 13.2. The van der Waals surface area contributed by atoms with Gasteiger partial charge in [0.25, 0.3) is 5.92 Å². The van der Waals surface area contributed by atoms with Crippen molar-refractivity contribution in [2.45, 2.75) is 65.0 Å². The first-order valence-electron chi connectivity index (χ1n) is 11.7. The van der Waals surface area contributed by atoms with E-state index in [0.29, 0.717) is 12.4 Å². The molecule has 10 heteroatoms. The highest BCUT2D eigenvalue weighted by molar-refractivity contribution is 5.74. The number of alkyl halides is 2. The van der Waals surface area contributed by atoms with Crippen LogP contribution in [0.25, 0.3) is 0 Å². The Morgan fingerprint density at radius 1 is 1.12 bits per heavy atom. The number of carbonyl (C=O) groups excluding carboxylic acids is 1. The Bertz CT molecular complexity index is 733. The fourth-order valence-electron chi connectivity index (χ4n) is 2.85. The summed E-state index contributed by atoms with van der Waals surface area (Å²) in [5, 5.41) is 12.1. The highest BCUT2D eigenvalue weighted by Gasteiger charge is 2.26. The van der Waals surface area contributed by atoms with E-state index in [1.165, 1.54) is 11.8 Å². The van der Waals surface area contributed by atoms with E-state index >= 15 is 0 Å². The SMILES string of the molecule is CCOC(Cc1ccc(OCCN(CCOCC(F)(F)CC)C(=O)NC(C)CC)cc1)C(=O)O. The van der Waals surface area contributed by atoms with Crippen molar-refractivity contribution >= 4 is 12.0 Å². The molecule has 0 heterocycles. The number of urea groups is 1. The Hall–Kier alpha value is -2.46. The minimum atomic E-state index is -2.88. The summed E-state index contributed by atoms with van der Waals surface area (Å²) in [7, 11) is 0. The topological polar surface area (TPSA) is 97.3 Å². The van der Waals surface area contributed by atoms with Gasteiger partial charge in [0.1, 0.15) is 19.0 Å². The van der Waals surface area contributed by atoms with E-state index in [9.17, 15) is 23.5 Å². The highest BCUT2D eigenvalue weighted by Crippen LogP contribution is 2.18. The molecule has 8 nitrogen and oxygen atoms in total. The Labute approximate surface area is 200 Å². The number of hydrogen-bond donors (Lipinski definition) is 2. The van der Waals surface area contributed by atoms with Crippen LogP contribution in [0.15, 0.2) is 24.3 Å². The van der Waals surface area contributed by atoms with Crippen molar-refractivity contribution in [2.24, 2.45) is 0 Å². The largest absolute Gasteiger partial charge is 0.492 e. The summed E-state index contributed by atoms with van der Waals surface area (Å²) >= 11 is 0. The summed E-state index contributed by atoms with van der Waals surface area (Å²) in [6.45, 7) is 7.16. The van der Waals surface area contributed by atoms with Crippen molar-refractivity contribution in [1.29, 1.82) is 0 Å². The maximum absolute atomic E-state index is 13.3. The molecule has 2 atom stereocenters. The van der Waals surface area contributed by atoms with Crippen LogP contribution in [0.2, 0.25) is 0 Å².